The zero-order valence-electron chi connectivity index (χ0n) is 10.0. The van der Waals surface area contributed by atoms with Crippen molar-refractivity contribution in [1.29, 1.82) is 0 Å². The number of benzene rings is 2. The van der Waals surface area contributed by atoms with E-state index in [9.17, 15) is 8.78 Å². The van der Waals surface area contributed by atoms with Crippen LogP contribution in [0.4, 0.5) is 14.5 Å². The largest absolute Gasteiger partial charge is 0.374 e. The van der Waals surface area contributed by atoms with E-state index < -0.39 is 11.9 Å². The summed E-state index contributed by atoms with van der Waals surface area (Å²) in [5, 5.41) is 2.92. The van der Waals surface area contributed by atoms with Gasteiger partial charge < -0.3 is 11.1 Å². The lowest BCUT2D eigenvalue weighted by molar-refractivity contribution is 0.588. The minimum absolute atomic E-state index is 0.160. The second-order valence-corrected chi connectivity index (χ2v) is 4.99. The first-order valence-electron chi connectivity index (χ1n) is 5.78. The van der Waals surface area contributed by atoms with Gasteiger partial charge in [-0.05, 0) is 24.3 Å². The standard InChI is InChI=1S/C14H13BrF2N2/c15-9-5-6-10(12(17)7-9)14(8-18)19-13-4-2-1-3-11(13)16/h1-7,14,19H,8,18H2. The molecule has 100 valence electrons. The van der Waals surface area contributed by atoms with E-state index in [1.165, 1.54) is 12.1 Å². The fraction of sp³-hybridized carbons (Fsp3) is 0.143. The Morgan fingerprint density at radius 3 is 2.47 bits per heavy atom. The molecule has 5 heteroatoms. The van der Waals surface area contributed by atoms with Crippen LogP contribution in [0.2, 0.25) is 0 Å². The van der Waals surface area contributed by atoms with Crippen LogP contribution in [-0.4, -0.2) is 6.54 Å². The number of para-hydroxylation sites is 1. The van der Waals surface area contributed by atoms with Crippen molar-refractivity contribution in [3.05, 3.63) is 64.1 Å². The van der Waals surface area contributed by atoms with Crippen molar-refractivity contribution in [2.45, 2.75) is 6.04 Å². The van der Waals surface area contributed by atoms with E-state index in [0.717, 1.165) is 0 Å². The number of nitrogens with one attached hydrogen (secondary N) is 1. The average Bonchev–Trinajstić information content (AvgIpc) is 2.39. The van der Waals surface area contributed by atoms with Crippen LogP contribution in [0.5, 0.6) is 0 Å². The van der Waals surface area contributed by atoms with Crippen molar-refractivity contribution in [2.75, 3.05) is 11.9 Å². The Hall–Kier alpha value is -1.46. The molecule has 0 saturated heterocycles. The average molecular weight is 327 g/mol. The lowest BCUT2D eigenvalue weighted by Gasteiger charge is -2.19. The van der Waals surface area contributed by atoms with Crippen molar-refractivity contribution < 1.29 is 8.78 Å². The van der Waals surface area contributed by atoms with Gasteiger partial charge in [0.2, 0.25) is 0 Å². The maximum absolute atomic E-state index is 13.9. The SMILES string of the molecule is NCC(Nc1ccccc1F)c1ccc(Br)cc1F. The molecule has 2 rings (SSSR count). The molecule has 3 N–H and O–H groups in total. The van der Waals surface area contributed by atoms with Crippen LogP contribution in [0.15, 0.2) is 46.9 Å². The Bertz CT molecular complexity index is 575. The predicted octanol–water partition coefficient (Wildman–Crippen LogP) is 3.84. The fourth-order valence-electron chi connectivity index (χ4n) is 1.81. The second kappa shape index (κ2) is 6.12. The Kier molecular flexibility index (Phi) is 4.50. The Balaban J connectivity index is 2.28. The lowest BCUT2D eigenvalue weighted by Crippen LogP contribution is -2.22. The summed E-state index contributed by atoms with van der Waals surface area (Å²) >= 11 is 3.19. The highest BCUT2D eigenvalue weighted by Gasteiger charge is 2.15. The van der Waals surface area contributed by atoms with Gasteiger partial charge in [0.25, 0.3) is 0 Å². The minimum atomic E-state index is -0.481. The summed E-state index contributed by atoms with van der Waals surface area (Å²) in [5.74, 6) is -0.771. The van der Waals surface area contributed by atoms with Gasteiger partial charge in [0.05, 0.1) is 11.7 Å². The van der Waals surface area contributed by atoms with Crippen molar-refractivity contribution in [1.82, 2.24) is 0 Å². The van der Waals surface area contributed by atoms with Gasteiger partial charge in [-0.15, -0.1) is 0 Å². The summed E-state index contributed by atoms with van der Waals surface area (Å²) in [6.07, 6.45) is 0. The normalized spacial score (nSPS) is 12.2. The van der Waals surface area contributed by atoms with Crippen molar-refractivity contribution >= 4 is 21.6 Å². The quantitative estimate of drug-likeness (QED) is 0.895. The first-order valence-corrected chi connectivity index (χ1v) is 6.57. The van der Waals surface area contributed by atoms with Gasteiger partial charge in [-0.2, -0.15) is 0 Å². The molecule has 0 amide bonds. The minimum Gasteiger partial charge on any atom is -0.374 e. The van der Waals surface area contributed by atoms with Gasteiger partial charge in [-0.25, -0.2) is 8.78 Å². The van der Waals surface area contributed by atoms with E-state index in [1.54, 1.807) is 30.3 Å². The lowest BCUT2D eigenvalue weighted by atomic mass is 10.1. The molecule has 2 aromatic carbocycles. The van der Waals surface area contributed by atoms with E-state index >= 15 is 0 Å². The van der Waals surface area contributed by atoms with Crippen LogP contribution >= 0.6 is 15.9 Å². The number of halogens is 3. The first kappa shape index (κ1) is 14.0. The molecule has 0 aliphatic carbocycles. The summed E-state index contributed by atoms with van der Waals surface area (Å²) in [7, 11) is 0. The molecule has 0 aliphatic rings. The number of anilines is 1. The molecule has 0 saturated carbocycles. The summed E-state index contributed by atoms with van der Waals surface area (Å²) in [5.41, 5.74) is 6.36. The molecule has 0 bridgehead atoms. The maximum atomic E-state index is 13.9. The van der Waals surface area contributed by atoms with Crippen molar-refractivity contribution in [2.24, 2.45) is 5.73 Å². The topological polar surface area (TPSA) is 38.0 Å². The molecule has 19 heavy (non-hydrogen) atoms. The maximum Gasteiger partial charge on any atom is 0.146 e. The van der Waals surface area contributed by atoms with Crippen LogP contribution in [0.3, 0.4) is 0 Å². The highest BCUT2D eigenvalue weighted by Crippen LogP contribution is 2.25. The molecule has 0 heterocycles. The van der Waals surface area contributed by atoms with Crippen molar-refractivity contribution in [3.63, 3.8) is 0 Å². The van der Waals surface area contributed by atoms with Gasteiger partial charge in [0.1, 0.15) is 11.6 Å². The Labute approximate surface area is 118 Å². The zero-order valence-corrected chi connectivity index (χ0v) is 11.6. The molecule has 2 nitrogen and oxygen atoms in total. The molecule has 0 aromatic heterocycles. The molecular formula is C14H13BrF2N2. The third kappa shape index (κ3) is 3.30. The molecule has 0 fully saturated rings. The number of hydrogen-bond acceptors (Lipinski definition) is 2. The second-order valence-electron chi connectivity index (χ2n) is 4.08. The highest BCUT2D eigenvalue weighted by atomic mass is 79.9. The van der Waals surface area contributed by atoms with Gasteiger partial charge >= 0.3 is 0 Å². The molecule has 2 aromatic rings. The highest BCUT2D eigenvalue weighted by molar-refractivity contribution is 9.10. The number of rotatable bonds is 4. The van der Waals surface area contributed by atoms with E-state index in [2.05, 4.69) is 21.2 Å². The van der Waals surface area contributed by atoms with E-state index in [1.807, 2.05) is 0 Å². The Morgan fingerprint density at radius 2 is 1.84 bits per heavy atom. The van der Waals surface area contributed by atoms with Crippen LogP contribution in [-0.2, 0) is 0 Å². The van der Waals surface area contributed by atoms with Crippen LogP contribution in [0.1, 0.15) is 11.6 Å². The van der Waals surface area contributed by atoms with Gasteiger partial charge in [0.15, 0.2) is 0 Å². The van der Waals surface area contributed by atoms with Crippen molar-refractivity contribution in [3.8, 4) is 0 Å². The molecule has 1 unspecified atom stereocenters. The smallest absolute Gasteiger partial charge is 0.146 e. The molecule has 1 atom stereocenters. The fourth-order valence-corrected chi connectivity index (χ4v) is 2.15. The van der Waals surface area contributed by atoms with E-state index in [-0.39, 0.29) is 12.4 Å². The van der Waals surface area contributed by atoms with Gasteiger partial charge in [-0.3, -0.25) is 0 Å². The summed E-state index contributed by atoms with van der Waals surface area (Å²) < 4.78 is 28.1. The van der Waals surface area contributed by atoms with Crippen LogP contribution in [0.25, 0.3) is 0 Å². The summed E-state index contributed by atoms with van der Waals surface area (Å²) in [6, 6.07) is 10.5. The monoisotopic (exact) mass is 326 g/mol. The van der Waals surface area contributed by atoms with Gasteiger partial charge in [0, 0.05) is 16.6 Å². The number of hydrogen-bond donors (Lipinski definition) is 2. The first-order chi connectivity index (χ1) is 9.11. The van der Waals surface area contributed by atoms with E-state index in [0.29, 0.717) is 15.7 Å². The zero-order chi connectivity index (χ0) is 13.8. The Morgan fingerprint density at radius 1 is 1.11 bits per heavy atom. The van der Waals surface area contributed by atoms with Crippen LogP contribution < -0.4 is 11.1 Å². The summed E-state index contributed by atoms with van der Waals surface area (Å²) in [4.78, 5) is 0. The van der Waals surface area contributed by atoms with Crippen LogP contribution in [0, 0.1) is 11.6 Å². The number of nitrogens with two attached hydrogens (primary N) is 1. The third-order valence-corrected chi connectivity index (χ3v) is 3.27. The molecule has 0 radical (unpaired) electrons. The predicted molar refractivity (Wildman–Crippen MR) is 75.9 cm³/mol. The third-order valence-electron chi connectivity index (χ3n) is 2.78. The molecular weight excluding hydrogens is 314 g/mol. The van der Waals surface area contributed by atoms with E-state index in [4.69, 9.17) is 5.73 Å². The molecule has 0 aliphatic heterocycles. The van der Waals surface area contributed by atoms with Gasteiger partial charge in [-0.1, -0.05) is 34.1 Å². The summed E-state index contributed by atoms with van der Waals surface area (Å²) in [6.45, 7) is 0.160. The molecule has 0 spiro atoms.